The number of Topliss-reactive ketones (excluding diaryl/α,β-unsaturated/α-hetero) is 1. The SMILES string of the molecule is CC(=O)Nc1ccc(C(=O)CC(C)C)c(O)c1. The fraction of sp³-hybridized carbons (Fsp3) is 0.385. The number of ketones is 1. The van der Waals surface area contributed by atoms with E-state index in [1.807, 2.05) is 13.8 Å². The van der Waals surface area contributed by atoms with Crippen molar-refractivity contribution in [2.75, 3.05) is 5.32 Å². The van der Waals surface area contributed by atoms with Crippen LogP contribution in [-0.4, -0.2) is 16.8 Å². The number of phenolic OH excluding ortho intramolecular Hbond substituents is 1. The van der Waals surface area contributed by atoms with Gasteiger partial charge in [0.05, 0.1) is 5.56 Å². The second kappa shape index (κ2) is 5.48. The van der Waals surface area contributed by atoms with Gasteiger partial charge in [-0.15, -0.1) is 0 Å². The van der Waals surface area contributed by atoms with Gasteiger partial charge in [-0.1, -0.05) is 13.8 Å². The Morgan fingerprint density at radius 3 is 2.47 bits per heavy atom. The van der Waals surface area contributed by atoms with E-state index < -0.39 is 0 Å². The molecule has 0 unspecified atom stereocenters. The molecule has 0 radical (unpaired) electrons. The molecule has 0 aliphatic heterocycles. The normalized spacial score (nSPS) is 10.4. The van der Waals surface area contributed by atoms with Gasteiger partial charge in [-0.3, -0.25) is 9.59 Å². The third-order valence-electron chi connectivity index (χ3n) is 2.21. The Morgan fingerprint density at radius 1 is 1.35 bits per heavy atom. The summed E-state index contributed by atoms with van der Waals surface area (Å²) in [5.41, 5.74) is 0.781. The summed E-state index contributed by atoms with van der Waals surface area (Å²) in [7, 11) is 0. The Hall–Kier alpha value is -1.84. The zero-order valence-electron chi connectivity index (χ0n) is 10.3. The highest BCUT2D eigenvalue weighted by Crippen LogP contribution is 2.24. The fourth-order valence-corrected chi connectivity index (χ4v) is 1.53. The molecule has 0 spiro atoms. The Kier molecular flexibility index (Phi) is 4.26. The van der Waals surface area contributed by atoms with Gasteiger partial charge >= 0.3 is 0 Å². The number of phenols is 1. The molecule has 0 heterocycles. The van der Waals surface area contributed by atoms with E-state index in [-0.39, 0.29) is 23.4 Å². The molecule has 17 heavy (non-hydrogen) atoms. The number of hydrogen-bond donors (Lipinski definition) is 2. The van der Waals surface area contributed by atoms with E-state index in [1.165, 1.54) is 19.1 Å². The number of amides is 1. The van der Waals surface area contributed by atoms with Crippen LogP contribution in [0.25, 0.3) is 0 Å². The summed E-state index contributed by atoms with van der Waals surface area (Å²) in [6.07, 6.45) is 0.396. The number of aromatic hydroxyl groups is 1. The lowest BCUT2D eigenvalue weighted by Crippen LogP contribution is -2.07. The monoisotopic (exact) mass is 235 g/mol. The van der Waals surface area contributed by atoms with Crippen molar-refractivity contribution in [1.82, 2.24) is 0 Å². The molecule has 0 fully saturated rings. The molecule has 1 aromatic carbocycles. The lowest BCUT2D eigenvalue weighted by molar-refractivity contribution is -0.114. The maximum Gasteiger partial charge on any atom is 0.221 e. The van der Waals surface area contributed by atoms with Crippen LogP contribution in [0.1, 0.15) is 37.6 Å². The topological polar surface area (TPSA) is 66.4 Å². The molecule has 0 saturated heterocycles. The summed E-state index contributed by atoms with van der Waals surface area (Å²) in [6.45, 7) is 5.27. The summed E-state index contributed by atoms with van der Waals surface area (Å²) < 4.78 is 0. The molecule has 1 amide bonds. The standard InChI is InChI=1S/C13H17NO3/c1-8(2)6-12(16)11-5-4-10(7-13(11)17)14-9(3)15/h4-5,7-8,17H,6H2,1-3H3,(H,14,15). The van der Waals surface area contributed by atoms with Gasteiger partial charge in [0.25, 0.3) is 0 Å². The number of anilines is 1. The summed E-state index contributed by atoms with van der Waals surface area (Å²) >= 11 is 0. The molecule has 1 aromatic rings. The molecule has 92 valence electrons. The Bertz CT molecular complexity index is 438. The molecule has 0 aliphatic rings. The van der Waals surface area contributed by atoms with E-state index in [0.717, 1.165) is 0 Å². The molecule has 0 aromatic heterocycles. The number of carbonyl (C=O) groups is 2. The third-order valence-corrected chi connectivity index (χ3v) is 2.21. The average Bonchev–Trinajstić information content (AvgIpc) is 2.14. The third kappa shape index (κ3) is 3.90. The molecule has 4 heteroatoms. The first-order chi connectivity index (χ1) is 7.90. The largest absolute Gasteiger partial charge is 0.507 e. The fourth-order valence-electron chi connectivity index (χ4n) is 1.53. The van der Waals surface area contributed by atoms with Crippen LogP contribution in [0.3, 0.4) is 0 Å². The van der Waals surface area contributed by atoms with Crippen molar-refractivity contribution in [3.8, 4) is 5.75 Å². The Labute approximate surface area is 101 Å². The van der Waals surface area contributed by atoms with E-state index in [1.54, 1.807) is 6.07 Å². The van der Waals surface area contributed by atoms with E-state index in [0.29, 0.717) is 17.7 Å². The highest BCUT2D eigenvalue weighted by Gasteiger charge is 2.13. The predicted molar refractivity (Wildman–Crippen MR) is 66.2 cm³/mol. The summed E-state index contributed by atoms with van der Waals surface area (Å²) in [6, 6.07) is 4.52. The van der Waals surface area contributed by atoms with E-state index in [4.69, 9.17) is 0 Å². The lowest BCUT2D eigenvalue weighted by atomic mass is 10.0. The van der Waals surface area contributed by atoms with Crippen LogP contribution in [-0.2, 0) is 4.79 Å². The van der Waals surface area contributed by atoms with E-state index in [2.05, 4.69) is 5.32 Å². The maximum absolute atomic E-state index is 11.8. The van der Waals surface area contributed by atoms with Crippen LogP contribution < -0.4 is 5.32 Å². The predicted octanol–water partition coefficient (Wildman–Crippen LogP) is 2.58. The van der Waals surface area contributed by atoms with Crippen LogP contribution in [0.5, 0.6) is 5.75 Å². The van der Waals surface area contributed by atoms with Crippen molar-refractivity contribution in [3.05, 3.63) is 23.8 Å². The van der Waals surface area contributed by atoms with Gasteiger partial charge in [-0.05, 0) is 18.1 Å². The minimum Gasteiger partial charge on any atom is -0.507 e. The summed E-state index contributed by atoms with van der Waals surface area (Å²) in [4.78, 5) is 22.6. The molecule has 4 nitrogen and oxygen atoms in total. The molecule has 1 rings (SSSR count). The van der Waals surface area contributed by atoms with Gasteiger partial charge in [-0.25, -0.2) is 0 Å². The molecule has 0 bridgehead atoms. The number of benzene rings is 1. The van der Waals surface area contributed by atoms with Crippen LogP contribution >= 0.6 is 0 Å². The molecule has 0 aliphatic carbocycles. The first-order valence-corrected chi connectivity index (χ1v) is 5.54. The van der Waals surface area contributed by atoms with E-state index in [9.17, 15) is 14.7 Å². The average molecular weight is 235 g/mol. The van der Waals surface area contributed by atoms with Crippen molar-refractivity contribution >= 4 is 17.4 Å². The number of carbonyl (C=O) groups excluding carboxylic acids is 2. The van der Waals surface area contributed by atoms with Gasteiger partial charge in [0, 0.05) is 25.1 Å². The maximum atomic E-state index is 11.8. The van der Waals surface area contributed by atoms with Gasteiger partial charge in [0.15, 0.2) is 5.78 Å². The van der Waals surface area contributed by atoms with Gasteiger partial charge in [0.2, 0.25) is 5.91 Å². The van der Waals surface area contributed by atoms with Crippen LogP contribution in [0.15, 0.2) is 18.2 Å². The Balaban J connectivity index is 2.89. The zero-order valence-corrected chi connectivity index (χ0v) is 10.3. The van der Waals surface area contributed by atoms with Crippen LogP contribution in [0, 0.1) is 5.92 Å². The lowest BCUT2D eigenvalue weighted by Gasteiger charge is -2.08. The van der Waals surface area contributed by atoms with Crippen molar-refractivity contribution < 1.29 is 14.7 Å². The van der Waals surface area contributed by atoms with Gasteiger partial charge < -0.3 is 10.4 Å². The first-order valence-electron chi connectivity index (χ1n) is 5.54. The van der Waals surface area contributed by atoms with Crippen LogP contribution in [0.4, 0.5) is 5.69 Å². The summed E-state index contributed by atoms with van der Waals surface area (Å²) in [5, 5.41) is 12.3. The second-order valence-electron chi connectivity index (χ2n) is 4.43. The van der Waals surface area contributed by atoms with Crippen molar-refractivity contribution in [2.24, 2.45) is 5.92 Å². The smallest absolute Gasteiger partial charge is 0.221 e. The molecule has 0 atom stereocenters. The van der Waals surface area contributed by atoms with Gasteiger partial charge in [-0.2, -0.15) is 0 Å². The number of rotatable bonds is 4. The highest BCUT2D eigenvalue weighted by atomic mass is 16.3. The molecular formula is C13H17NO3. The molecular weight excluding hydrogens is 218 g/mol. The molecule has 0 saturated carbocycles. The van der Waals surface area contributed by atoms with Crippen LogP contribution in [0.2, 0.25) is 0 Å². The second-order valence-corrected chi connectivity index (χ2v) is 4.43. The summed E-state index contributed by atoms with van der Waals surface area (Å²) in [5.74, 6) is -0.156. The first kappa shape index (κ1) is 13.2. The van der Waals surface area contributed by atoms with Crippen molar-refractivity contribution in [3.63, 3.8) is 0 Å². The minimum absolute atomic E-state index is 0.0909. The van der Waals surface area contributed by atoms with Gasteiger partial charge in [0.1, 0.15) is 5.75 Å². The zero-order chi connectivity index (χ0) is 13.0. The highest BCUT2D eigenvalue weighted by molar-refractivity contribution is 5.99. The van der Waals surface area contributed by atoms with E-state index >= 15 is 0 Å². The molecule has 2 N–H and O–H groups in total. The number of hydrogen-bond acceptors (Lipinski definition) is 3. The van der Waals surface area contributed by atoms with Crippen molar-refractivity contribution in [1.29, 1.82) is 0 Å². The Morgan fingerprint density at radius 2 is 2.00 bits per heavy atom. The number of nitrogens with one attached hydrogen (secondary N) is 1. The van der Waals surface area contributed by atoms with Crippen molar-refractivity contribution in [2.45, 2.75) is 27.2 Å². The quantitative estimate of drug-likeness (QED) is 0.788. The minimum atomic E-state index is -0.217.